The molecule has 0 radical (unpaired) electrons. The molecule has 34 heavy (non-hydrogen) atoms. The van der Waals surface area contributed by atoms with Crippen LogP contribution in [0.3, 0.4) is 0 Å². The van der Waals surface area contributed by atoms with E-state index in [-0.39, 0.29) is 33.5 Å². The Morgan fingerprint density at radius 1 is 1.21 bits per heavy atom. The number of likely N-dealkylation sites (N-methyl/N-ethyl adjacent to an activating group) is 1. The summed E-state index contributed by atoms with van der Waals surface area (Å²) in [6, 6.07) is 8.45. The van der Waals surface area contributed by atoms with Gasteiger partial charge in [0.05, 0.1) is 27.0 Å². The zero-order chi connectivity index (χ0) is 25.1. The lowest BCUT2D eigenvalue weighted by Gasteiger charge is -2.23. The number of sulfone groups is 1. The highest BCUT2D eigenvalue weighted by Crippen LogP contribution is 2.20. The van der Waals surface area contributed by atoms with Crippen molar-refractivity contribution in [1.29, 1.82) is 0 Å². The first-order chi connectivity index (χ1) is 15.9. The number of carbonyl (C=O) groups is 2. The molecule has 1 N–H and O–H groups in total. The number of rotatable bonds is 8. The topological polar surface area (TPSA) is 127 Å². The first-order valence-electron chi connectivity index (χ1n) is 10.0. The number of esters is 1. The molecule has 1 amide bonds. The molecular weight excluding hydrogens is 511 g/mol. The fraction of sp³-hybridized carbons (Fsp3) is 0.333. The van der Waals surface area contributed by atoms with Gasteiger partial charge in [-0.25, -0.2) is 30.7 Å². The van der Waals surface area contributed by atoms with Crippen LogP contribution in [0.4, 0.5) is 4.39 Å². The highest BCUT2D eigenvalue weighted by molar-refractivity contribution is 7.91. The summed E-state index contributed by atoms with van der Waals surface area (Å²) in [6.45, 7) is -0.631. The van der Waals surface area contributed by atoms with Gasteiger partial charge in [-0.05, 0) is 42.3 Å². The fourth-order valence-corrected chi connectivity index (χ4v) is 6.32. The summed E-state index contributed by atoms with van der Waals surface area (Å²) in [5.41, 5.74) is 0.683. The van der Waals surface area contributed by atoms with E-state index in [0.29, 0.717) is 12.0 Å². The molecule has 9 nitrogen and oxygen atoms in total. The molecular formula is C21H22ClFN2O7S2. The molecule has 0 spiro atoms. The smallest absolute Gasteiger partial charge is 0.338 e. The number of sulfonamides is 1. The molecule has 3 rings (SSSR count). The van der Waals surface area contributed by atoms with E-state index in [9.17, 15) is 30.8 Å². The van der Waals surface area contributed by atoms with Crippen LogP contribution >= 0.6 is 11.6 Å². The maximum atomic E-state index is 13.2. The second-order valence-corrected chi connectivity index (χ2v) is 12.1. The van der Waals surface area contributed by atoms with E-state index in [4.69, 9.17) is 16.3 Å². The third kappa shape index (κ3) is 6.53. The molecule has 0 bridgehead atoms. The van der Waals surface area contributed by atoms with Gasteiger partial charge < -0.3 is 9.64 Å². The number of benzene rings is 2. The zero-order valence-corrected chi connectivity index (χ0v) is 20.4. The Labute approximate surface area is 201 Å². The molecule has 1 saturated heterocycles. The number of hydrogen-bond donors (Lipinski definition) is 1. The lowest BCUT2D eigenvalue weighted by atomic mass is 10.1. The fourth-order valence-electron chi connectivity index (χ4n) is 3.26. The van der Waals surface area contributed by atoms with E-state index in [0.717, 1.165) is 18.2 Å². The van der Waals surface area contributed by atoms with E-state index in [1.807, 2.05) is 0 Å². The predicted octanol–water partition coefficient (Wildman–Crippen LogP) is 1.76. The third-order valence-electron chi connectivity index (χ3n) is 5.33. The molecule has 1 unspecified atom stereocenters. The van der Waals surface area contributed by atoms with Crippen LogP contribution in [0.1, 0.15) is 22.3 Å². The number of nitrogens with one attached hydrogen (secondary N) is 1. The summed E-state index contributed by atoms with van der Waals surface area (Å²) in [4.78, 5) is 25.5. The number of nitrogens with zero attached hydrogens (tertiary/aromatic N) is 1. The number of hydrogen-bond acceptors (Lipinski definition) is 7. The van der Waals surface area contributed by atoms with Gasteiger partial charge in [-0.2, -0.15) is 0 Å². The standard InChI is InChI=1S/C21H22ClFN2O7S2/c1-25(16-8-9-33(28,29)13-16)20(26)12-32-21(27)15-4-2-14(3-5-15)11-24-34(30,31)17-6-7-19(23)18(22)10-17/h2-7,10,16,24H,8-9,11-13H2,1H3. The van der Waals surface area contributed by atoms with Gasteiger partial charge in [0.25, 0.3) is 5.91 Å². The van der Waals surface area contributed by atoms with E-state index >= 15 is 0 Å². The van der Waals surface area contributed by atoms with Crippen LogP contribution in [0.2, 0.25) is 5.02 Å². The normalized spacial score (nSPS) is 17.3. The van der Waals surface area contributed by atoms with Gasteiger partial charge in [0.1, 0.15) is 5.82 Å². The van der Waals surface area contributed by atoms with Crippen LogP contribution in [0.15, 0.2) is 47.4 Å². The van der Waals surface area contributed by atoms with Gasteiger partial charge in [-0.3, -0.25) is 4.79 Å². The largest absolute Gasteiger partial charge is 0.452 e. The third-order valence-corrected chi connectivity index (χ3v) is 8.77. The lowest BCUT2D eigenvalue weighted by molar-refractivity contribution is -0.134. The van der Waals surface area contributed by atoms with Crippen molar-refractivity contribution in [2.45, 2.75) is 23.9 Å². The van der Waals surface area contributed by atoms with Crippen molar-refractivity contribution >= 4 is 43.3 Å². The number of ether oxygens (including phenoxy) is 1. The summed E-state index contributed by atoms with van der Waals surface area (Å²) in [7, 11) is -5.62. The van der Waals surface area contributed by atoms with Crippen molar-refractivity contribution in [1.82, 2.24) is 9.62 Å². The van der Waals surface area contributed by atoms with E-state index < -0.39 is 50.2 Å². The zero-order valence-electron chi connectivity index (χ0n) is 18.0. The lowest BCUT2D eigenvalue weighted by Crippen LogP contribution is -2.40. The van der Waals surface area contributed by atoms with Crippen molar-refractivity contribution < 1.29 is 35.6 Å². The van der Waals surface area contributed by atoms with Crippen molar-refractivity contribution in [2.75, 3.05) is 25.2 Å². The summed E-state index contributed by atoms with van der Waals surface area (Å²) in [6.07, 6.45) is 0.345. The Morgan fingerprint density at radius 2 is 1.88 bits per heavy atom. The molecule has 1 atom stereocenters. The first-order valence-corrected chi connectivity index (χ1v) is 13.7. The summed E-state index contributed by atoms with van der Waals surface area (Å²) in [5, 5.41) is -0.316. The monoisotopic (exact) mass is 532 g/mol. The Bertz CT molecular complexity index is 1300. The number of carbonyl (C=O) groups excluding carboxylic acids is 2. The van der Waals surface area contributed by atoms with Crippen LogP contribution in [0, 0.1) is 5.82 Å². The summed E-state index contributed by atoms with van der Waals surface area (Å²) in [5.74, 6) is -2.09. The molecule has 2 aromatic carbocycles. The molecule has 1 fully saturated rings. The maximum absolute atomic E-state index is 13.2. The van der Waals surface area contributed by atoms with Gasteiger partial charge in [-0.15, -0.1) is 0 Å². The van der Waals surface area contributed by atoms with Crippen molar-refractivity contribution in [3.63, 3.8) is 0 Å². The van der Waals surface area contributed by atoms with Gasteiger partial charge in [-0.1, -0.05) is 23.7 Å². The van der Waals surface area contributed by atoms with Gasteiger partial charge in [0.2, 0.25) is 10.0 Å². The second kappa shape index (κ2) is 10.4. The van der Waals surface area contributed by atoms with Crippen molar-refractivity contribution in [3.05, 3.63) is 64.4 Å². The van der Waals surface area contributed by atoms with Crippen LogP contribution in [0.25, 0.3) is 0 Å². The Balaban J connectivity index is 1.52. The van der Waals surface area contributed by atoms with Crippen LogP contribution < -0.4 is 4.72 Å². The van der Waals surface area contributed by atoms with Crippen LogP contribution in [0.5, 0.6) is 0 Å². The Morgan fingerprint density at radius 3 is 2.47 bits per heavy atom. The molecule has 13 heteroatoms. The molecule has 1 heterocycles. The minimum Gasteiger partial charge on any atom is -0.452 e. The Hall–Kier alpha value is -2.54. The maximum Gasteiger partial charge on any atom is 0.338 e. The van der Waals surface area contributed by atoms with E-state index in [1.165, 1.54) is 36.2 Å². The highest BCUT2D eigenvalue weighted by atomic mass is 35.5. The second-order valence-electron chi connectivity index (χ2n) is 7.74. The average Bonchev–Trinajstić information content (AvgIpc) is 3.17. The van der Waals surface area contributed by atoms with Gasteiger partial charge in [0, 0.05) is 19.6 Å². The Kier molecular flexibility index (Phi) is 7.96. The highest BCUT2D eigenvalue weighted by Gasteiger charge is 2.33. The minimum absolute atomic E-state index is 0.0230. The SMILES string of the molecule is CN(C(=O)COC(=O)c1ccc(CNS(=O)(=O)c2ccc(F)c(Cl)c2)cc1)C1CCS(=O)(=O)C1. The molecule has 0 aliphatic carbocycles. The van der Waals surface area contributed by atoms with Crippen molar-refractivity contribution in [2.24, 2.45) is 0 Å². The van der Waals surface area contributed by atoms with Crippen LogP contribution in [-0.4, -0.2) is 64.8 Å². The quantitative estimate of drug-likeness (QED) is 0.513. The average molecular weight is 533 g/mol. The molecule has 2 aromatic rings. The first kappa shape index (κ1) is 26.1. The van der Waals surface area contributed by atoms with E-state index in [2.05, 4.69) is 4.72 Å². The number of amides is 1. The summed E-state index contributed by atoms with van der Waals surface area (Å²) >= 11 is 5.63. The molecule has 1 aliphatic rings. The molecule has 0 aromatic heterocycles. The summed E-state index contributed by atoms with van der Waals surface area (Å²) < 4.78 is 68.4. The number of halogens is 2. The predicted molar refractivity (Wildman–Crippen MR) is 122 cm³/mol. The van der Waals surface area contributed by atoms with Crippen molar-refractivity contribution in [3.8, 4) is 0 Å². The van der Waals surface area contributed by atoms with Crippen LogP contribution in [-0.2, 0) is 35.9 Å². The minimum atomic E-state index is -3.94. The molecule has 184 valence electrons. The van der Waals surface area contributed by atoms with Gasteiger partial charge >= 0.3 is 5.97 Å². The van der Waals surface area contributed by atoms with E-state index in [1.54, 1.807) is 0 Å². The van der Waals surface area contributed by atoms with Gasteiger partial charge in [0.15, 0.2) is 16.4 Å². The molecule has 1 aliphatic heterocycles. The molecule has 0 saturated carbocycles.